The number of halogens is 3. The second kappa shape index (κ2) is 4.59. The summed E-state index contributed by atoms with van der Waals surface area (Å²) in [5.74, 6) is 0. The Bertz CT molecular complexity index is 841. The van der Waals surface area contributed by atoms with Crippen molar-refractivity contribution in [2.75, 3.05) is 0 Å². The Labute approximate surface area is 117 Å². The van der Waals surface area contributed by atoms with Crippen molar-refractivity contribution in [3.63, 3.8) is 0 Å². The maximum atomic E-state index is 12.6. The van der Waals surface area contributed by atoms with E-state index in [1.165, 1.54) is 16.8 Å². The van der Waals surface area contributed by atoms with Gasteiger partial charge in [0.15, 0.2) is 0 Å². The molecular formula is C14H7F3N4. The Kier molecular flexibility index (Phi) is 2.87. The molecule has 0 saturated carbocycles. The third-order valence-electron chi connectivity index (χ3n) is 2.94. The maximum absolute atomic E-state index is 12.6. The van der Waals surface area contributed by atoms with Crippen molar-refractivity contribution >= 4 is 5.65 Å². The number of pyridine rings is 2. The van der Waals surface area contributed by atoms with E-state index < -0.39 is 11.7 Å². The minimum Gasteiger partial charge on any atom is -0.306 e. The van der Waals surface area contributed by atoms with Gasteiger partial charge >= 0.3 is 6.18 Å². The van der Waals surface area contributed by atoms with E-state index in [0.29, 0.717) is 17.0 Å². The summed E-state index contributed by atoms with van der Waals surface area (Å²) in [4.78, 5) is 8.20. The first-order chi connectivity index (χ1) is 9.97. The van der Waals surface area contributed by atoms with Crippen LogP contribution in [0.5, 0.6) is 0 Å². The summed E-state index contributed by atoms with van der Waals surface area (Å²) in [6.45, 7) is 0. The van der Waals surface area contributed by atoms with Crippen molar-refractivity contribution < 1.29 is 13.2 Å². The average molecular weight is 288 g/mol. The van der Waals surface area contributed by atoms with Gasteiger partial charge in [0, 0.05) is 18.6 Å². The summed E-state index contributed by atoms with van der Waals surface area (Å²) in [6.07, 6.45) is -0.122. The summed E-state index contributed by atoms with van der Waals surface area (Å²) in [7, 11) is 0. The van der Waals surface area contributed by atoms with Gasteiger partial charge in [-0.15, -0.1) is 0 Å². The molecule has 0 atom stereocenters. The van der Waals surface area contributed by atoms with Gasteiger partial charge < -0.3 is 4.40 Å². The molecule has 7 heteroatoms. The van der Waals surface area contributed by atoms with Crippen LogP contribution in [0.15, 0.2) is 42.9 Å². The number of rotatable bonds is 1. The number of hydrogen-bond acceptors (Lipinski definition) is 3. The van der Waals surface area contributed by atoms with Crippen molar-refractivity contribution in [2.45, 2.75) is 6.18 Å². The molecule has 0 unspecified atom stereocenters. The molecule has 3 aromatic rings. The van der Waals surface area contributed by atoms with Crippen LogP contribution in [0.1, 0.15) is 11.1 Å². The third kappa shape index (κ3) is 2.43. The lowest BCUT2D eigenvalue weighted by Gasteiger charge is -2.05. The first-order valence-electron chi connectivity index (χ1n) is 5.90. The van der Waals surface area contributed by atoms with Gasteiger partial charge in [0.2, 0.25) is 0 Å². The van der Waals surface area contributed by atoms with E-state index in [0.717, 1.165) is 12.1 Å². The molecule has 3 aromatic heterocycles. The Hall–Kier alpha value is -2.88. The van der Waals surface area contributed by atoms with Crippen LogP contribution in [0.25, 0.3) is 17.0 Å². The second-order valence-electron chi connectivity index (χ2n) is 4.35. The quantitative estimate of drug-likeness (QED) is 0.690. The highest BCUT2D eigenvalue weighted by atomic mass is 19.4. The lowest BCUT2D eigenvalue weighted by atomic mass is 10.2. The largest absolute Gasteiger partial charge is 0.416 e. The summed E-state index contributed by atoms with van der Waals surface area (Å²) >= 11 is 0. The van der Waals surface area contributed by atoms with Crippen molar-refractivity contribution in [3.05, 3.63) is 54.0 Å². The summed E-state index contributed by atoms with van der Waals surface area (Å²) in [6, 6.07) is 7.09. The fraction of sp³-hybridized carbons (Fsp3) is 0.0714. The predicted octanol–water partition coefficient (Wildman–Crippen LogP) is 3.29. The van der Waals surface area contributed by atoms with Gasteiger partial charge in [0.05, 0.1) is 16.8 Å². The molecule has 21 heavy (non-hydrogen) atoms. The number of nitriles is 1. The zero-order chi connectivity index (χ0) is 15.0. The highest BCUT2D eigenvalue weighted by molar-refractivity contribution is 5.59. The highest BCUT2D eigenvalue weighted by Crippen LogP contribution is 2.30. The minimum atomic E-state index is -4.40. The van der Waals surface area contributed by atoms with E-state index in [-0.39, 0.29) is 5.65 Å². The van der Waals surface area contributed by atoms with Crippen LogP contribution in [-0.2, 0) is 6.18 Å². The van der Waals surface area contributed by atoms with Gasteiger partial charge in [0.1, 0.15) is 17.4 Å². The predicted molar refractivity (Wildman–Crippen MR) is 68.1 cm³/mol. The van der Waals surface area contributed by atoms with Crippen molar-refractivity contribution in [2.24, 2.45) is 0 Å². The maximum Gasteiger partial charge on any atom is 0.416 e. The van der Waals surface area contributed by atoms with Crippen LogP contribution in [0.3, 0.4) is 0 Å². The summed E-state index contributed by atoms with van der Waals surface area (Å²) in [5.41, 5.74) is 0.776. The molecule has 0 aromatic carbocycles. The molecule has 0 fully saturated rings. The third-order valence-corrected chi connectivity index (χ3v) is 2.94. The standard InChI is InChI=1S/C14H7F3N4/c15-14(16,17)10-3-4-21-8-12(20-13(21)5-10)11-2-1-9(6-18)7-19-11/h1-5,7-8H. The molecule has 104 valence electrons. The molecule has 0 aliphatic rings. The second-order valence-corrected chi connectivity index (χ2v) is 4.35. The average Bonchev–Trinajstić information content (AvgIpc) is 2.89. The topological polar surface area (TPSA) is 54.0 Å². The van der Waals surface area contributed by atoms with Crippen molar-refractivity contribution in [1.29, 1.82) is 5.26 Å². The smallest absolute Gasteiger partial charge is 0.306 e. The molecule has 0 radical (unpaired) electrons. The zero-order valence-electron chi connectivity index (χ0n) is 10.5. The van der Waals surface area contributed by atoms with Crippen LogP contribution < -0.4 is 0 Å². The molecular weight excluding hydrogens is 281 g/mol. The van der Waals surface area contributed by atoms with Gasteiger partial charge in [-0.25, -0.2) is 4.98 Å². The Morgan fingerprint density at radius 3 is 2.57 bits per heavy atom. The molecule has 4 nitrogen and oxygen atoms in total. The molecule has 0 saturated heterocycles. The van der Waals surface area contributed by atoms with E-state index in [2.05, 4.69) is 9.97 Å². The zero-order valence-corrected chi connectivity index (χ0v) is 10.5. The van der Waals surface area contributed by atoms with Crippen LogP contribution in [0, 0.1) is 11.3 Å². The lowest BCUT2D eigenvalue weighted by Crippen LogP contribution is -2.05. The monoisotopic (exact) mass is 288 g/mol. The van der Waals surface area contributed by atoms with Crippen molar-refractivity contribution in [3.8, 4) is 17.5 Å². The Morgan fingerprint density at radius 1 is 1.14 bits per heavy atom. The fourth-order valence-corrected chi connectivity index (χ4v) is 1.89. The van der Waals surface area contributed by atoms with E-state index in [1.54, 1.807) is 18.3 Å². The van der Waals surface area contributed by atoms with Crippen molar-refractivity contribution in [1.82, 2.24) is 14.4 Å². The van der Waals surface area contributed by atoms with Crippen LogP contribution in [0.4, 0.5) is 13.2 Å². The van der Waals surface area contributed by atoms with Gasteiger partial charge in [-0.1, -0.05) is 0 Å². The lowest BCUT2D eigenvalue weighted by molar-refractivity contribution is -0.137. The number of aromatic nitrogens is 3. The number of fused-ring (bicyclic) bond motifs is 1. The molecule has 0 aliphatic carbocycles. The molecule has 0 bridgehead atoms. The Balaban J connectivity index is 2.06. The molecule has 0 aliphatic heterocycles. The van der Waals surface area contributed by atoms with Crippen LogP contribution >= 0.6 is 0 Å². The van der Waals surface area contributed by atoms with Gasteiger partial charge in [-0.2, -0.15) is 18.4 Å². The molecule has 0 amide bonds. The van der Waals surface area contributed by atoms with Crippen LogP contribution in [0.2, 0.25) is 0 Å². The molecule has 0 N–H and O–H groups in total. The normalized spacial score (nSPS) is 11.5. The number of alkyl halides is 3. The van der Waals surface area contributed by atoms with Crippen LogP contribution in [-0.4, -0.2) is 14.4 Å². The fourth-order valence-electron chi connectivity index (χ4n) is 1.89. The molecule has 3 rings (SSSR count). The van der Waals surface area contributed by atoms with Gasteiger partial charge in [0.25, 0.3) is 0 Å². The molecule has 0 spiro atoms. The van der Waals surface area contributed by atoms with Gasteiger partial charge in [-0.05, 0) is 24.3 Å². The SMILES string of the molecule is N#Cc1ccc(-c2cn3ccc(C(F)(F)F)cc3n2)nc1. The van der Waals surface area contributed by atoms with E-state index in [1.807, 2.05) is 6.07 Å². The highest BCUT2D eigenvalue weighted by Gasteiger charge is 2.30. The number of imidazole rings is 1. The number of nitrogens with zero attached hydrogens (tertiary/aromatic N) is 4. The van der Waals surface area contributed by atoms with E-state index >= 15 is 0 Å². The number of hydrogen-bond donors (Lipinski definition) is 0. The van der Waals surface area contributed by atoms with Gasteiger partial charge in [-0.3, -0.25) is 4.98 Å². The summed E-state index contributed by atoms with van der Waals surface area (Å²) < 4.78 is 39.4. The van der Waals surface area contributed by atoms with E-state index in [9.17, 15) is 13.2 Å². The first-order valence-corrected chi connectivity index (χ1v) is 5.90. The summed E-state index contributed by atoms with van der Waals surface area (Å²) in [5, 5.41) is 8.70. The minimum absolute atomic E-state index is 0.186. The Morgan fingerprint density at radius 2 is 1.95 bits per heavy atom. The molecule has 3 heterocycles. The van der Waals surface area contributed by atoms with E-state index in [4.69, 9.17) is 5.26 Å². The first kappa shape index (κ1) is 13.1.